The van der Waals surface area contributed by atoms with E-state index in [1.807, 2.05) is 0 Å². The quantitative estimate of drug-likeness (QED) is 0.386. The zero-order chi connectivity index (χ0) is 20.8. The van der Waals surface area contributed by atoms with Crippen molar-refractivity contribution in [1.82, 2.24) is 25.8 Å². The Morgan fingerprint density at radius 3 is 2.46 bits per heavy atom. The third-order valence-corrected chi connectivity index (χ3v) is 6.73. The smallest absolute Gasteiger partial charge is 0.245 e. The predicted molar refractivity (Wildman–Crippen MR) is 123 cm³/mol. The van der Waals surface area contributed by atoms with Gasteiger partial charge < -0.3 is 25.8 Å². The van der Waals surface area contributed by atoms with Gasteiger partial charge in [0.15, 0.2) is 10.2 Å². The number of nitrogens with one attached hydrogen (secondary N) is 3. The fourth-order valence-electron chi connectivity index (χ4n) is 4.62. The zero-order valence-corrected chi connectivity index (χ0v) is 19.5. The number of unbranched alkanes of at least 4 members (excludes halogenated alkanes) is 5. The number of carbonyl (C=O) groups excluding carboxylic acids is 1. The summed E-state index contributed by atoms with van der Waals surface area (Å²) in [6.45, 7) is 11.4. The van der Waals surface area contributed by atoms with E-state index < -0.39 is 5.66 Å². The van der Waals surface area contributed by atoms with Crippen LogP contribution in [0.4, 0.5) is 0 Å². The summed E-state index contributed by atoms with van der Waals surface area (Å²) in [6.07, 6.45) is 8.24. The SMILES string of the molecule is CCCCCCCCC1(N2CC(=O)NC2=S)N(C(=S)NCC)CCNC1(C)C. The number of amides is 1. The van der Waals surface area contributed by atoms with Crippen molar-refractivity contribution >= 4 is 40.6 Å². The molecule has 2 saturated heterocycles. The van der Waals surface area contributed by atoms with E-state index in [0.29, 0.717) is 5.11 Å². The number of carbonyl (C=O) groups is 1. The summed E-state index contributed by atoms with van der Waals surface area (Å²) < 4.78 is 0. The molecule has 160 valence electrons. The Balaban J connectivity index is 2.33. The average molecular weight is 428 g/mol. The van der Waals surface area contributed by atoms with Crippen LogP contribution < -0.4 is 16.0 Å². The normalized spacial score (nSPS) is 24.4. The molecule has 1 atom stereocenters. The molecule has 8 heteroatoms. The van der Waals surface area contributed by atoms with E-state index >= 15 is 0 Å². The van der Waals surface area contributed by atoms with Gasteiger partial charge in [0.25, 0.3) is 0 Å². The minimum atomic E-state index is -0.481. The minimum absolute atomic E-state index is 0.0389. The first-order valence-corrected chi connectivity index (χ1v) is 11.5. The van der Waals surface area contributed by atoms with Crippen molar-refractivity contribution in [3.8, 4) is 0 Å². The lowest BCUT2D eigenvalue weighted by atomic mass is 9.78. The Bertz CT molecular complexity index is 583. The number of hydrogen-bond donors (Lipinski definition) is 3. The largest absolute Gasteiger partial charge is 0.363 e. The molecule has 2 heterocycles. The van der Waals surface area contributed by atoms with Crippen molar-refractivity contribution in [2.45, 2.75) is 83.8 Å². The van der Waals surface area contributed by atoms with Crippen molar-refractivity contribution < 1.29 is 4.79 Å². The highest BCUT2D eigenvalue weighted by Gasteiger charge is 2.58. The number of hydrogen-bond acceptors (Lipinski definition) is 4. The van der Waals surface area contributed by atoms with Crippen LogP contribution in [0.2, 0.25) is 0 Å². The topological polar surface area (TPSA) is 59.6 Å². The van der Waals surface area contributed by atoms with Crippen LogP contribution in [-0.2, 0) is 4.79 Å². The Labute approximate surface area is 181 Å². The Morgan fingerprint density at radius 1 is 1.18 bits per heavy atom. The van der Waals surface area contributed by atoms with Gasteiger partial charge in [0.2, 0.25) is 5.91 Å². The molecule has 0 aromatic heterocycles. The molecule has 0 saturated carbocycles. The average Bonchev–Trinajstić information content (AvgIpc) is 2.97. The van der Waals surface area contributed by atoms with Crippen LogP contribution in [0.3, 0.4) is 0 Å². The van der Waals surface area contributed by atoms with E-state index in [9.17, 15) is 4.79 Å². The van der Waals surface area contributed by atoms with Crippen molar-refractivity contribution in [3.63, 3.8) is 0 Å². The lowest BCUT2D eigenvalue weighted by Gasteiger charge is -2.61. The molecule has 2 fully saturated rings. The first-order valence-electron chi connectivity index (χ1n) is 10.7. The molecule has 6 nitrogen and oxygen atoms in total. The number of nitrogens with zero attached hydrogens (tertiary/aromatic N) is 2. The van der Waals surface area contributed by atoms with Gasteiger partial charge in [-0.15, -0.1) is 0 Å². The van der Waals surface area contributed by atoms with Gasteiger partial charge >= 0.3 is 0 Å². The predicted octanol–water partition coefficient (Wildman–Crippen LogP) is 2.73. The van der Waals surface area contributed by atoms with Gasteiger partial charge in [-0.2, -0.15) is 0 Å². The Morgan fingerprint density at radius 2 is 1.86 bits per heavy atom. The molecule has 0 aromatic carbocycles. The van der Waals surface area contributed by atoms with Crippen LogP contribution in [0.5, 0.6) is 0 Å². The van der Waals surface area contributed by atoms with Crippen molar-refractivity contribution in [2.75, 3.05) is 26.2 Å². The zero-order valence-electron chi connectivity index (χ0n) is 17.9. The second-order valence-electron chi connectivity index (χ2n) is 8.31. The summed E-state index contributed by atoms with van der Waals surface area (Å²) >= 11 is 11.4. The number of piperazine rings is 1. The van der Waals surface area contributed by atoms with Crippen molar-refractivity contribution in [2.24, 2.45) is 0 Å². The van der Waals surface area contributed by atoms with Gasteiger partial charge in [0.05, 0.1) is 5.54 Å². The van der Waals surface area contributed by atoms with Crippen LogP contribution in [0, 0.1) is 0 Å². The fraction of sp³-hybridized carbons (Fsp3) is 0.850. The van der Waals surface area contributed by atoms with E-state index in [1.54, 1.807) is 0 Å². The molecule has 0 radical (unpaired) electrons. The van der Waals surface area contributed by atoms with Gasteiger partial charge in [-0.1, -0.05) is 39.0 Å². The molecule has 0 spiro atoms. The van der Waals surface area contributed by atoms with Crippen LogP contribution in [0.15, 0.2) is 0 Å². The van der Waals surface area contributed by atoms with E-state index in [2.05, 4.69) is 53.4 Å². The molecule has 1 unspecified atom stereocenters. The van der Waals surface area contributed by atoms with Gasteiger partial charge in [-0.05, 0) is 58.0 Å². The van der Waals surface area contributed by atoms with Gasteiger partial charge in [0.1, 0.15) is 12.2 Å². The minimum Gasteiger partial charge on any atom is -0.363 e. The van der Waals surface area contributed by atoms with Gasteiger partial charge in [0, 0.05) is 19.6 Å². The molecule has 1 amide bonds. The fourth-order valence-corrected chi connectivity index (χ4v) is 5.33. The summed E-state index contributed by atoms with van der Waals surface area (Å²) in [6, 6.07) is 0. The van der Waals surface area contributed by atoms with Crippen LogP contribution >= 0.6 is 24.4 Å². The molecule has 0 aliphatic carbocycles. The molecule has 0 aromatic rings. The molecular formula is C20H37N5OS2. The summed E-state index contributed by atoms with van der Waals surface area (Å²) in [5.41, 5.74) is -0.768. The number of rotatable bonds is 9. The van der Waals surface area contributed by atoms with E-state index in [4.69, 9.17) is 24.4 Å². The highest BCUT2D eigenvalue weighted by atomic mass is 32.1. The highest BCUT2D eigenvalue weighted by molar-refractivity contribution is 7.80. The van der Waals surface area contributed by atoms with Crippen molar-refractivity contribution in [1.29, 1.82) is 0 Å². The number of thiocarbonyl (C=S) groups is 2. The molecule has 2 rings (SSSR count). The monoisotopic (exact) mass is 427 g/mol. The maximum absolute atomic E-state index is 12.2. The van der Waals surface area contributed by atoms with E-state index in [-0.39, 0.29) is 18.0 Å². The second-order valence-corrected chi connectivity index (χ2v) is 9.09. The summed E-state index contributed by atoms with van der Waals surface area (Å²) in [5, 5.41) is 11.1. The molecule has 2 aliphatic heterocycles. The van der Waals surface area contributed by atoms with Crippen LogP contribution in [0.1, 0.15) is 72.6 Å². The third kappa shape index (κ3) is 4.76. The lowest BCUT2D eigenvalue weighted by molar-refractivity contribution is -0.122. The molecule has 28 heavy (non-hydrogen) atoms. The Hall–Kier alpha value is -0.990. The highest BCUT2D eigenvalue weighted by Crippen LogP contribution is 2.40. The molecule has 3 N–H and O–H groups in total. The molecular weight excluding hydrogens is 390 g/mol. The van der Waals surface area contributed by atoms with E-state index in [1.165, 1.54) is 32.1 Å². The summed E-state index contributed by atoms with van der Waals surface area (Å²) in [7, 11) is 0. The standard InChI is InChI=1S/C20H37N5OS2/c1-5-7-8-9-10-11-12-20(25-15-16(26)23-18(25)28)19(3,4)22-13-14-24(20)17(27)21-6-2/h22H,5-15H2,1-4H3,(H,21,27)(H,23,26,28). The maximum atomic E-state index is 12.2. The second kappa shape index (κ2) is 10.2. The Kier molecular flexibility index (Phi) is 8.45. The van der Waals surface area contributed by atoms with E-state index in [0.717, 1.165) is 37.6 Å². The third-order valence-electron chi connectivity index (χ3n) is 6.04. The maximum Gasteiger partial charge on any atom is 0.245 e. The summed E-state index contributed by atoms with van der Waals surface area (Å²) in [5.74, 6) is -0.0389. The molecule has 2 aliphatic rings. The van der Waals surface area contributed by atoms with Crippen LogP contribution in [0.25, 0.3) is 0 Å². The van der Waals surface area contributed by atoms with Gasteiger partial charge in [-0.25, -0.2) is 0 Å². The van der Waals surface area contributed by atoms with Crippen LogP contribution in [-0.4, -0.2) is 63.3 Å². The lowest BCUT2D eigenvalue weighted by Crippen LogP contribution is -2.80. The first-order chi connectivity index (χ1) is 13.3. The first kappa shape index (κ1) is 23.3. The van der Waals surface area contributed by atoms with Crippen molar-refractivity contribution in [3.05, 3.63) is 0 Å². The van der Waals surface area contributed by atoms with Gasteiger partial charge in [-0.3, -0.25) is 4.79 Å². The molecule has 0 bridgehead atoms. The summed E-state index contributed by atoms with van der Waals surface area (Å²) in [4.78, 5) is 16.5.